The maximum Gasteiger partial charge on any atom is 0.154 e. The standard InChI is InChI=1S/C9H13ClN2O/c1-2-5-13-7-9-11-4-3-8(6-10)12-9/h3-4H,2,5-7H2,1H3. The van der Waals surface area contributed by atoms with Gasteiger partial charge in [-0.15, -0.1) is 11.6 Å². The van der Waals surface area contributed by atoms with E-state index >= 15 is 0 Å². The lowest BCUT2D eigenvalue weighted by Crippen LogP contribution is -2.01. The van der Waals surface area contributed by atoms with Gasteiger partial charge in [0.1, 0.15) is 6.61 Å². The van der Waals surface area contributed by atoms with Crippen molar-refractivity contribution in [1.82, 2.24) is 9.97 Å². The van der Waals surface area contributed by atoms with E-state index in [1.165, 1.54) is 0 Å². The van der Waals surface area contributed by atoms with Gasteiger partial charge >= 0.3 is 0 Å². The molecule has 0 aliphatic rings. The molecule has 1 heterocycles. The largest absolute Gasteiger partial charge is 0.373 e. The molecule has 0 saturated carbocycles. The van der Waals surface area contributed by atoms with Gasteiger partial charge in [0.25, 0.3) is 0 Å². The minimum absolute atomic E-state index is 0.420. The molecule has 0 unspecified atom stereocenters. The molecule has 0 bridgehead atoms. The van der Waals surface area contributed by atoms with Gasteiger partial charge in [-0.05, 0) is 12.5 Å². The first kappa shape index (κ1) is 10.4. The highest BCUT2D eigenvalue weighted by molar-refractivity contribution is 6.16. The predicted octanol–water partition coefficient (Wildman–Crippen LogP) is 2.14. The zero-order valence-electron chi connectivity index (χ0n) is 7.66. The fourth-order valence-electron chi connectivity index (χ4n) is 0.893. The van der Waals surface area contributed by atoms with Crippen molar-refractivity contribution in [1.29, 1.82) is 0 Å². The van der Waals surface area contributed by atoms with E-state index < -0.39 is 0 Å². The molecule has 0 aliphatic carbocycles. The number of aromatic nitrogens is 2. The van der Waals surface area contributed by atoms with Crippen molar-refractivity contribution in [3.05, 3.63) is 23.8 Å². The number of hydrogen-bond acceptors (Lipinski definition) is 3. The van der Waals surface area contributed by atoms with E-state index in [0.29, 0.717) is 18.3 Å². The Kier molecular flexibility index (Phi) is 4.72. The molecule has 0 aliphatic heterocycles. The minimum Gasteiger partial charge on any atom is -0.373 e. The van der Waals surface area contributed by atoms with Crippen LogP contribution >= 0.6 is 11.6 Å². The Morgan fingerprint density at radius 3 is 3.08 bits per heavy atom. The van der Waals surface area contributed by atoms with Crippen molar-refractivity contribution >= 4 is 11.6 Å². The smallest absolute Gasteiger partial charge is 0.154 e. The second-order valence-corrected chi connectivity index (χ2v) is 2.92. The fraction of sp³-hybridized carbons (Fsp3) is 0.556. The summed E-state index contributed by atoms with van der Waals surface area (Å²) in [5.41, 5.74) is 0.840. The third-order valence-corrected chi connectivity index (χ3v) is 1.75. The van der Waals surface area contributed by atoms with E-state index in [1.54, 1.807) is 12.3 Å². The summed E-state index contributed by atoms with van der Waals surface area (Å²) in [5, 5.41) is 0. The van der Waals surface area contributed by atoms with Crippen LogP contribution in [0.5, 0.6) is 0 Å². The third kappa shape index (κ3) is 3.70. The van der Waals surface area contributed by atoms with Crippen LogP contribution in [-0.4, -0.2) is 16.6 Å². The zero-order valence-corrected chi connectivity index (χ0v) is 8.42. The molecule has 1 aromatic heterocycles. The van der Waals surface area contributed by atoms with Crippen LogP contribution in [0, 0.1) is 0 Å². The molecule has 13 heavy (non-hydrogen) atoms. The van der Waals surface area contributed by atoms with E-state index in [4.69, 9.17) is 16.3 Å². The lowest BCUT2D eigenvalue weighted by molar-refractivity contribution is 0.116. The molecule has 1 aromatic rings. The molecule has 4 heteroatoms. The Bertz CT molecular complexity index is 255. The SMILES string of the molecule is CCCOCc1nccc(CCl)n1. The van der Waals surface area contributed by atoms with Crippen LogP contribution in [0.25, 0.3) is 0 Å². The molecule has 1 rings (SSSR count). The topological polar surface area (TPSA) is 35.0 Å². The highest BCUT2D eigenvalue weighted by atomic mass is 35.5. The second-order valence-electron chi connectivity index (χ2n) is 2.65. The summed E-state index contributed by atoms with van der Waals surface area (Å²) in [6, 6.07) is 1.80. The number of rotatable bonds is 5. The molecule has 0 amide bonds. The summed E-state index contributed by atoms with van der Waals surface area (Å²) in [6.45, 7) is 3.28. The first-order valence-electron chi connectivity index (χ1n) is 4.31. The summed E-state index contributed by atoms with van der Waals surface area (Å²) in [5.74, 6) is 1.12. The first-order chi connectivity index (χ1) is 6.36. The molecule has 3 nitrogen and oxygen atoms in total. The molecule has 0 aromatic carbocycles. The van der Waals surface area contributed by atoms with E-state index in [9.17, 15) is 0 Å². The van der Waals surface area contributed by atoms with E-state index in [1.807, 2.05) is 0 Å². The van der Waals surface area contributed by atoms with Gasteiger partial charge in [-0.1, -0.05) is 6.92 Å². The van der Waals surface area contributed by atoms with Crippen molar-refractivity contribution < 1.29 is 4.74 Å². The Labute approximate surface area is 83.1 Å². The number of ether oxygens (including phenoxy) is 1. The summed E-state index contributed by atoms with van der Waals surface area (Å²) in [6.07, 6.45) is 2.71. The molecular formula is C9H13ClN2O. The van der Waals surface area contributed by atoms with E-state index in [2.05, 4.69) is 16.9 Å². The molecule has 0 atom stereocenters. The van der Waals surface area contributed by atoms with Crippen LogP contribution < -0.4 is 0 Å². The van der Waals surface area contributed by atoms with Crippen molar-refractivity contribution in [2.24, 2.45) is 0 Å². The maximum atomic E-state index is 5.63. The van der Waals surface area contributed by atoms with Crippen LogP contribution in [0.15, 0.2) is 12.3 Å². The van der Waals surface area contributed by atoms with Gasteiger partial charge in [-0.25, -0.2) is 9.97 Å². The molecule has 0 spiro atoms. The number of hydrogen-bond donors (Lipinski definition) is 0. The van der Waals surface area contributed by atoms with Crippen LogP contribution in [-0.2, 0) is 17.2 Å². The van der Waals surface area contributed by atoms with Crippen LogP contribution in [0.3, 0.4) is 0 Å². The average molecular weight is 201 g/mol. The van der Waals surface area contributed by atoms with Gasteiger partial charge in [0.15, 0.2) is 5.82 Å². The van der Waals surface area contributed by atoms with E-state index in [0.717, 1.165) is 18.7 Å². The Balaban J connectivity index is 2.46. The minimum atomic E-state index is 0.420. The zero-order chi connectivity index (χ0) is 9.52. The highest BCUT2D eigenvalue weighted by Gasteiger charge is 1.97. The van der Waals surface area contributed by atoms with Gasteiger partial charge in [0.2, 0.25) is 0 Å². The fourth-order valence-corrected chi connectivity index (χ4v) is 1.04. The molecular weight excluding hydrogens is 188 g/mol. The summed E-state index contributed by atoms with van der Waals surface area (Å²) in [7, 11) is 0. The van der Waals surface area contributed by atoms with Crippen LogP contribution in [0.1, 0.15) is 24.9 Å². The van der Waals surface area contributed by atoms with E-state index in [-0.39, 0.29) is 0 Å². The summed E-state index contributed by atoms with van der Waals surface area (Å²) in [4.78, 5) is 8.26. The Hall–Kier alpha value is -0.670. The number of nitrogens with zero attached hydrogens (tertiary/aromatic N) is 2. The monoisotopic (exact) mass is 200 g/mol. The predicted molar refractivity (Wildman–Crippen MR) is 51.5 cm³/mol. The van der Waals surface area contributed by atoms with Crippen LogP contribution in [0.4, 0.5) is 0 Å². The molecule has 0 N–H and O–H groups in total. The third-order valence-electron chi connectivity index (χ3n) is 1.48. The number of halogens is 1. The van der Waals surface area contributed by atoms with Crippen molar-refractivity contribution in [2.75, 3.05) is 6.61 Å². The normalized spacial score (nSPS) is 10.3. The lowest BCUT2D eigenvalue weighted by Gasteiger charge is -2.01. The van der Waals surface area contributed by atoms with Crippen molar-refractivity contribution in [2.45, 2.75) is 25.8 Å². The highest BCUT2D eigenvalue weighted by Crippen LogP contribution is 2.00. The second kappa shape index (κ2) is 5.89. The van der Waals surface area contributed by atoms with Crippen molar-refractivity contribution in [3.63, 3.8) is 0 Å². The Morgan fingerprint density at radius 1 is 1.54 bits per heavy atom. The van der Waals surface area contributed by atoms with Gasteiger partial charge in [0.05, 0.1) is 11.6 Å². The summed E-state index contributed by atoms with van der Waals surface area (Å²) >= 11 is 5.63. The van der Waals surface area contributed by atoms with Gasteiger partial charge in [0, 0.05) is 12.8 Å². The average Bonchev–Trinajstić information content (AvgIpc) is 2.19. The van der Waals surface area contributed by atoms with Gasteiger partial charge in [-0.2, -0.15) is 0 Å². The molecule has 72 valence electrons. The number of alkyl halides is 1. The van der Waals surface area contributed by atoms with Gasteiger partial charge in [-0.3, -0.25) is 0 Å². The Morgan fingerprint density at radius 2 is 2.38 bits per heavy atom. The van der Waals surface area contributed by atoms with Crippen LogP contribution in [0.2, 0.25) is 0 Å². The summed E-state index contributed by atoms with van der Waals surface area (Å²) < 4.78 is 5.30. The molecule has 0 saturated heterocycles. The lowest BCUT2D eigenvalue weighted by atomic mass is 10.4. The van der Waals surface area contributed by atoms with Crippen molar-refractivity contribution in [3.8, 4) is 0 Å². The maximum absolute atomic E-state index is 5.63. The first-order valence-corrected chi connectivity index (χ1v) is 4.84. The quantitative estimate of drug-likeness (QED) is 0.540. The molecule has 0 fully saturated rings. The molecule has 0 radical (unpaired) electrons. The van der Waals surface area contributed by atoms with Gasteiger partial charge < -0.3 is 4.74 Å².